The van der Waals surface area contributed by atoms with Crippen molar-refractivity contribution in [2.24, 2.45) is 0 Å². The third-order valence-electron chi connectivity index (χ3n) is 1.40. The lowest BCUT2D eigenvalue weighted by Gasteiger charge is -1.96. The third-order valence-corrected chi connectivity index (χ3v) is 1.86. The Morgan fingerprint density at radius 1 is 1.55 bits per heavy atom. The highest BCUT2D eigenvalue weighted by Crippen LogP contribution is 2.11. The van der Waals surface area contributed by atoms with Gasteiger partial charge in [0.25, 0.3) is 0 Å². The van der Waals surface area contributed by atoms with Crippen LogP contribution in [0.15, 0.2) is 18.2 Å². The molecule has 0 N–H and O–H groups in total. The molecule has 1 nitrogen and oxygen atoms in total. The van der Waals surface area contributed by atoms with Gasteiger partial charge in [-0.2, -0.15) is 0 Å². The van der Waals surface area contributed by atoms with Crippen molar-refractivity contribution in [2.75, 3.05) is 0 Å². The Kier molecular flexibility index (Phi) is 2.39. The van der Waals surface area contributed by atoms with Crippen LogP contribution in [0.5, 0.6) is 0 Å². The lowest BCUT2D eigenvalue weighted by molar-refractivity contribution is 0.109. The van der Waals surface area contributed by atoms with E-state index in [1.165, 1.54) is 6.07 Å². The first-order chi connectivity index (χ1) is 5.11. The van der Waals surface area contributed by atoms with E-state index < -0.39 is 0 Å². The molecule has 0 spiro atoms. The van der Waals surface area contributed by atoms with Gasteiger partial charge in [-0.1, -0.05) is 12.1 Å². The maximum absolute atomic E-state index is 12.8. The lowest BCUT2D eigenvalue weighted by Crippen LogP contribution is -1.90. The molecule has 0 aliphatic rings. The molecule has 0 aliphatic heterocycles. The zero-order valence-corrected chi connectivity index (χ0v) is 7.48. The van der Waals surface area contributed by atoms with Gasteiger partial charge in [-0.15, -0.1) is 0 Å². The Balaban J connectivity index is 3.15. The molecule has 0 radical (unpaired) electrons. The van der Waals surface area contributed by atoms with Crippen LogP contribution < -0.4 is 0 Å². The summed E-state index contributed by atoms with van der Waals surface area (Å²) in [7, 11) is 0. The first-order valence-corrected chi connectivity index (χ1v) is 3.86. The van der Waals surface area contributed by atoms with Crippen LogP contribution in [0.2, 0.25) is 0 Å². The molecule has 1 aromatic carbocycles. The average molecular weight is 217 g/mol. The van der Waals surface area contributed by atoms with Crippen LogP contribution in [0.3, 0.4) is 0 Å². The highest BCUT2D eigenvalue weighted by atomic mass is 79.9. The van der Waals surface area contributed by atoms with Gasteiger partial charge in [-0.25, -0.2) is 4.39 Å². The van der Waals surface area contributed by atoms with E-state index in [-0.39, 0.29) is 10.5 Å². The summed E-state index contributed by atoms with van der Waals surface area (Å²) in [5.74, 6) is -0.352. The van der Waals surface area contributed by atoms with E-state index in [4.69, 9.17) is 0 Å². The Morgan fingerprint density at radius 2 is 2.18 bits per heavy atom. The van der Waals surface area contributed by atoms with Crippen molar-refractivity contribution in [1.29, 1.82) is 0 Å². The minimum Gasteiger partial charge on any atom is -0.281 e. The molecule has 0 bridgehead atoms. The Bertz CT molecular complexity index is 296. The molecule has 58 valence electrons. The van der Waals surface area contributed by atoms with Gasteiger partial charge in [0.2, 0.25) is 4.69 Å². The van der Waals surface area contributed by atoms with Gasteiger partial charge in [-0.05, 0) is 34.5 Å². The van der Waals surface area contributed by atoms with Crippen molar-refractivity contribution in [3.63, 3.8) is 0 Å². The number of aryl methyl sites for hydroxylation is 1. The second kappa shape index (κ2) is 3.13. The van der Waals surface area contributed by atoms with Crippen molar-refractivity contribution in [3.05, 3.63) is 35.1 Å². The molecule has 0 unspecified atom stereocenters. The number of hydrogen-bond acceptors (Lipinski definition) is 1. The van der Waals surface area contributed by atoms with Gasteiger partial charge in [0.05, 0.1) is 0 Å². The van der Waals surface area contributed by atoms with Gasteiger partial charge in [0.1, 0.15) is 5.82 Å². The SMILES string of the molecule is Cc1ccc(C(=O)Br)cc1F. The minimum atomic E-state index is -0.352. The van der Waals surface area contributed by atoms with Crippen LogP contribution in [0.1, 0.15) is 15.9 Å². The van der Waals surface area contributed by atoms with Gasteiger partial charge in [0.15, 0.2) is 0 Å². The molecule has 0 atom stereocenters. The molecular formula is C8H6BrFO. The topological polar surface area (TPSA) is 17.1 Å². The fraction of sp³-hybridized carbons (Fsp3) is 0.125. The van der Waals surface area contributed by atoms with Crippen LogP contribution >= 0.6 is 15.9 Å². The van der Waals surface area contributed by atoms with Crippen LogP contribution in [-0.2, 0) is 0 Å². The predicted molar refractivity (Wildman–Crippen MR) is 44.4 cm³/mol. The van der Waals surface area contributed by atoms with Crippen molar-refractivity contribution >= 4 is 20.6 Å². The molecular weight excluding hydrogens is 211 g/mol. The summed E-state index contributed by atoms with van der Waals surface area (Å²) in [5, 5.41) is 0. The number of benzene rings is 1. The maximum atomic E-state index is 12.8. The Labute approximate surface area is 72.4 Å². The summed E-state index contributed by atoms with van der Waals surface area (Å²) < 4.78 is 12.5. The maximum Gasteiger partial charge on any atom is 0.228 e. The summed E-state index contributed by atoms with van der Waals surface area (Å²) >= 11 is 2.74. The first kappa shape index (κ1) is 8.40. The molecule has 1 aromatic rings. The number of carbonyl (C=O) groups excluding carboxylic acids is 1. The number of halogens is 2. The van der Waals surface area contributed by atoms with E-state index >= 15 is 0 Å². The molecule has 0 fully saturated rings. The van der Waals surface area contributed by atoms with Crippen LogP contribution in [0, 0.1) is 12.7 Å². The third kappa shape index (κ3) is 1.87. The summed E-state index contributed by atoms with van der Waals surface area (Å²) in [4.78, 5) is 10.7. The van der Waals surface area contributed by atoms with E-state index in [2.05, 4.69) is 15.9 Å². The molecule has 11 heavy (non-hydrogen) atoms. The Morgan fingerprint density at radius 3 is 2.64 bits per heavy atom. The predicted octanol–water partition coefficient (Wildman–Crippen LogP) is 2.67. The molecule has 0 saturated heterocycles. The zero-order chi connectivity index (χ0) is 8.43. The van der Waals surface area contributed by atoms with E-state index in [1.807, 2.05) is 0 Å². The number of carbonyl (C=O) groups is 1. The molecule has 0 aliphatic carbocycles. The zero-order valence-electron chi connectivity index (χ0n) is 5.90. The molecule has 0 amide bonds. The largest absolute Gasteiger partial charge is 0.281 e. The summed E-state index contributed by atoms with van der Waals surface area (Å²) in [6, 6.07) is 4.37. The first-order valence-electron chi connectivity index (χ1n) is 3.07. The summed E-state index contributed by atoms with van der Waals surface area (Å²) in [6.07, 6.45) is 0. The smallest absolute Gasteiger partial charge is 0.228 e. The van der Waals surface area contributed by atoms with E-state index in [1.54, 1.807) is 19.1 Å². The van der Waals surface area contributed by atoms with Crippen LogP contribution in [-0.4, -0.2) is 4.69 Å². The van der Waals surface area contributed by atoms with Gasteiger partial charge in [-0.3, -0.25) is 4.79 Å². The fourth-order valence-electron chi connectivity index (χ4n) is 0.715. The van der Waals surface area contributed by atoms with E-state index in [9.17, 15) is 9.18 Å². The molecule has 0 aromatic heterocycles. The normalized spacial score (nSPS) is 9.73. The lowest BCUT2D eigenvalue weighted by atomic mass is 10.1. The quantitative estimate of drug-likeness (QED) is 0.661. The Hall–Kier alpha value is -0.700. The highest BCUT2D eigenvalue weighted by molar-refractivity contribution is 9.18. The molecule has 0 heterocycles. The van der Waals surface area contributed by atoms with Gasteiger partial charge < -0.3 is 0 Å². The standard InChI is InChI=1S/C8H6BrFO/c1-5-2-3-6(8(9)11)4-7(5)10/h2-4H,1H3. The summed E-state index contributed by atoms with van der Waals surface area (Å²) in [5.41, 5.74) is 0.885. The second-order valence-corrected chi connectivity index (χ2v) is 2.96. The van der Waals surface area contributed by atoms with Crippen molar-refractivity contribution in [1.82, 2.24) is 0 Å². The fourth-order valence-corrected chi connectivity index (χ4v) is 0.962. The van der Waals surface area contributed by atoms with Crippen molar-refractivity contribution < 1.29 is 9.18 Å². The molecule has 0 saturated carbocycles. The van der Waals surface area contributed by atoms with Crippen molar-refractivity contribution in [2.45, 2.75) is 6.92 Å². The van der Waals surface area contributed by atoms with Gasteiger partial charge >= 0.3 is 0 Å². The average Bonchev–Trinajstić information content (AvgIpc) is 1.94. The van der Waals surface area contributed by atoms with Crippen LogP contribution in [0.25, 0.3) is 0 Å². The van der Waals surface area contributed by atoms with E-state index in [0.29, 0.717) is 11.1 Å². The van der Waals surface area contributed by atoms with E-state index in [0.717, 1.165) is 0 Å². The van der Waals surface area contributed by atoms with Crippen LogP contribution in [0.4, 0.5) is 4.39 Å². The van der Waals surface area contributed by atoms with Gasteiger partial charge in [0, 0.05) is 5.56 Å². The number of hydrogen-bond donors (Lipinski definition) is 0. The molecule has 1 rings (SSSR count). The molecule has 3 heteroatoms. The summed E-state index contributed by atoms with van der Waals surface area (Å²) in [6.45, 7) is 1.65. The van der Waals surface area contributed by atoms with Crippen molar-refractivity contribution in [3.8, 4) is 0 Å². The second-order valence-electron chi connectivity index (χ2n) is 2.24. The minimum absolute atomic E-state index is 0.295. The number of rotatable bonds is 1. The monoisotopic (exact) mass is 216 g/mol. The highest BCUT2D eigenvalue weighted by Gasteiger charge is 2.03.